The van der Waals surface area contributed by atoms with Crippen molar-refractivity contribution in [3.05, 3.63) is 53.3 Å². The van der Waals surface area contributed by atoms with Crippen molar-refractivity contribution in [1.29, 1.82) is 0 Å². The maximum absolute atomic E-state index is 12.1. The fourth-order valence-corrected chi connectivity index (χ4v) is 3.44. The highest BCUT2D eigenvalue weighted by Gasteiger charge is 2.21. The van der Waals surface area contributed by atoms with E-state index in [-0.39, 0.29) is 5.03 Å². The Morgan fingerprint density at radius 3 is 2.45 bits per heavy atom. The molecule has 0 aliphatic rings. The van der Waals surface area contributed by atoms with Crippen molar-refractivity contribution < 1.29 is 8.42 Å². The largest absolute Gasteiger partial charge is 0.338 e. The molecule has 0 bridgehead atoms. The predicted molar refractivity (Wildman–Crippen MR) is 85.7 cm³/mol. The van der Waals surface area contributed by atoms with E-state index in [0.717, 1.165) is 22.2 Å². The SMILES string of the molecule is Cc1c(C)n(Cc2ccccc2)c2c(S(C)(=O)=O)nncc12. The van der Waals surface area contributed by atoms with Gasteiger partial charge >= 0.3 is 0 Å². The zero-order valence-corrected chi connectivity index (χ0v) is 13.6. The summed E-state index contributed by atoms with van der Waals surface area (Å²) >= 11 is 0. The van der Waals surface area contributed by atoms with E-state index in [1.807, 2.05) is 48.7 Å². The fraction of sp³-hybridized carbons (Fsp3) is 0.250. The Balaban J connectivity index is 2.32. The highest BCUT2D eigenvalue weighted by molar-refractivity contribution is 7.90. The molecule has 5 nitrogen and oxygen atoms in total. The van der Waals surface area contributed by atoms with E-state index in [9.17, 15) is 8.42 Å². The summed E-state index contributed by atoms with van der Waals surface area (Å²) in [6.07, 6.45) is 2.80. The van der Waals surface area contributed by atoms with E-state index in [2.05, 4.69) is 10.2 Å². The molecule has 0 amide bonds. The van der Waals surface area contributed by atoms with Gasteiger partial charge in [0.1, 0.15) is 0 Å². The van der Waals surface area contributed by atoms with Crippen molar-refractivity contribution in [2.24, 2.45) is 0 Å². The van der Waals surface area contributed by atoms with Crippen LogP contribution in [0.2, 0.25) is 0 Å². The summed E-state index contributed by atoms with van der Waals surface area (Å²) in [7, 11) is -3.44. The zero-order chi connectivity index (χ0) is 15.9. The summed E-state index contributed by atoms with van der Waals surface area (Å²) < 4.78 is 26.1. The summed E-state index contributed by atoms with van der Waals surface area (Å²) in [4.78, 5) is 0. The van der Waals surface area contributed by atoms with Gasteiger partial charge in [0.25, 0.3) is 0 Å². The van der Waals surface area contributed by atoms with Crippen molar-refractivity contribution in [2.75, 3.05) is 6.26 Å². The van der Waals surface area contributed by atoms with Crippen LogP contribution >= 0.6 is 0 Å². The van der Waals surface area contributed by atoms with E-state index in [0.29, 0.717) is 12.1 Å². The molecular formula is C16H17N3O2S. The first-order chi connectivity index (χ1) is 10.4. The predicted octanol–water partition coefficient (Wildman–Crippen LogP) is 2.50. The first-order valence-electron chi connectivity index (χ1n) is 6.94. The third-order valence-corrected chi connectivity index (χ3v) is 4.93. The lowest BCUT2D eigenvalue weighted by Crippen LogP contribution is -2.08. The summed E-state index contributed by atoms with van der Waals surface area (Å²) in [5, 5.41) is 8.61. The number of nitrogens with zero attached hydrogens (tertiary/aromatic N) is 3. The molecule has 0 saturated heterocycles. The van der Waals surface area contributed by atoms with Gasteiger partial charge in [0, 0.05) is 23.9 Å². The van der Waals surface area contributed by atoms with E-state index >= 15 is 0 Å². The van der Waals surface area contributed by atoms with Gasteiger partial charge in [-0.3, -0.25) is 0 Å². The number of sulfone groups is 1. The van der Waals surface area contributed by atoms with E-state index in [1.165, 1.54) is 6.26 Å². The molecule has 0 aliphatic heterocycles. The van der Waals surface area contributed by atoms with Crippen LogP contribution in [0.4, 0.5) is 0 Å². The Morgan fingerprint density at radius 2 is 1.82 bits per heavy atom. The lowest BCUT2D eigenvalue weighted by molar-refractivity contribution is 0.596. The molecule has 0 N–H and O–H groups in total. The number of aryl methyl sites for hydroxylation is 1. The molecule has 0 saturated carbocycles. The van der Waals surface area contributed by atoms with Crippen LogP contribution in [-0.2, 0) is 16.4 Å². The summed E-state index contributed by atoms with van der Waals surface area (Å²) in [5.41, 5.74) is 3.81. The Bertz CT molecular complexity index is 944. The highest BCUT2D eigenvalue weighted by Crippen LogP contribution is 2.29. The highest BCUT2D eigenvalue weighted by atomic mass is 32.2. The van der Waals surface area contributed by atoms with E-state index in [4.69, 9.17) is 0 Å². The van der Waals surface area contributed by atoms with Gasteiger partial charge in [0.2, 0.25) is 5.03 Å². The number of hydrogen-bond acceptors (Lipinski definition) is 4. The summed E-state index contributed by atoms with van der Waals surface area (Å²) in [6, 6.07) is 9.95. The molecule has 2 aromatic heterocycles. The first kappa shape index (κ1) is 14.7. The van der Waals surface area contributed by atoms with Crippen molar-refractivity contribution >= 4 is 20.7 Å². The Hall–Kier alpha value is -2.21. The second-order valence-electron chi connectivity index (χ2n) is 5.47. The van der Waals surface area contributed by atoms with Crippen LogP contribution in [-0.4, -0.2) is 29.4 Å². The van der Waals surface area contributed by atoms with Crippen LogP contribution in [0.3, 0.4) is 0 Å². The molecule has 22 heavy (non-hydrogen) atoms. The smallest absolute Gasteiger partial charge is 0.201 e. The lowest BCUT2D eigenvalue weighted by atomic mass is 10.2. The lowest BCUT2D eigenvalue weighted by Gasteiger charge is -2.10. The monoisotopic (exact) mass is 315 g/mol. The number of hydrogen-bond donors (Lipinski definition) is 0. The molecule has 0 aliphatic carbocycles. The molecule has 0 spiro atoms. The van der Waals surface area contributed by atoms with Gasteiger partial charge in [0.15, 0.2) is 9.84 Å². The average Bonchev–Trinajstić information content (AvgIpc) is 2.73. The van der Waals surface area contributed by atoms with E-state index in [1.54, 1.807) is 6.20 Å². The van der Waals surface area contributed by atoms with E-state index < -0.39 is 9.84 Å². The average molecular weight is 315 g/mol. The van der Waals surface area contributed by atoms with Gasteiger partial charge in [-0.25, -0.2) is 8.42 Å². The topological polar surface area (TPSA) is 64.8 Å². The molecule has 3 rings (SSSR count). The molecule has 0 fully saturated rings. The van der Waals surface area contributed by atoms with Gasteiger partial charge in [-0.05, 0) is 25.0 Å². The molecule has 2 heterocycles. The van der Waals surface area contributed by atoms with Gasteiger partial charge < -0.3 is 4.57 Å². The van der Waals surface area contributed by atoms with Gasteiger partial charge in [-0.2, -0.15) is 5.10 Å². The molecule has 0 atom stereocenters. The second kappa shape index (κ2) is 5.21. The van der Waals surface area contributed by atoms with Crippen LogP contribution in [0, 0.1) is 13.8 Å². The number of aromatic nitrogens is 3. The minimum absolute atomic E-state index is 0.0390. The van der Waals surface area contributed by atoms with Gasteiger partial charge in [-0.1, -0.05) is 30.3 Å². The maximum Gasteiger partial charge on any atom is 0.201 e. The number of fused-ring (bicyclic) bond motifs is 1. The third-order valence-electron chi connectivity index (χ3n) is 3.95. The summed E-state index contributed by atoms with van der Waals surface area (Å²) in [6.45, 7) is 4.57. The maximum atomic E-state index is 12.1. The number of rotatable bonds is 3. The molecule has 3 aromatic rings. The fourth-order valence-electron chi connectivity index (χ4n) is 2.68. The molecule has 1 aromatic carbocycles. The van der Waals surface area contributed by atoms with Crippen LogP contribution in [0.25, 0.3) is 10.9 Å². The molecule has 0 unspecified atom stereocenters. The van der Waals surface area contributed by atoms with Crippen molar-refractivity contribution in [2.45, 2.75) is 25.4 Å². The number of benzene rings is 1. The Morgan fingerprint density at radius 1 is 1.14 bits per heavy atom. The van der Waals surface area contributed by atoms with Crippen molar-refractivity contribution in [3.8, 4) is 0 Å². The van der Waals surface area contributed by atoms with Gasteiger partial charge in [-0.15, -0.1) is 5.10 Å². The Labute approximate surface area is 129 Å². The minimum atomic E-state index is -3.44. The van der Waals surface area contributed by atoms with Crippen molar-refractivity contribution in [3.63, 3.8) is 0 Å². The quantitative estimate of drug-likeness (QED) is 0.745. The normalized spacial score (nSPS) is 12.0. The molecule has 6 heteroatoms. The van der Waals surface area contributed by atoms with Crippen LogP contribution in [0.15, 0.2) is 41.6 Å². The van der Waals surface area contributed by atoms with Gasteiger partial charge in [0.05, 0.1) is 11.7 Å². The first-order valence-corrected chi connectivity index (χ1v) is 8.84. The van der Waals surface area contributed by atoms with Crippen LogP contribution < -0.4 is 0 Å². The van der Waals surface area contributed by atoms with Crippen LogP contribution in [0.5, 0.6) is 0 Å². The minimum Gasteiger partial charge on any atom is -0.338 e. The molecule has 114 valence electrons. The zero-order valence-electron chi connectivity index (χ0n) is 12.7. The molecular weight excluding hydrogens is 298 g/mol. The molecule has 0 radical (unpaired) electrons. The Kier molecular flexibility index (Phi) is 3.48. The third kappa shape index (κ3) is 2.39. The second-order valence-corrected chi connectivity index (χ2v) is 7.40. The van der Waals surface area contributed by atoms with Crippen LogP contribution in [0.1, 0.15) is 16.8 Å². The standard InChI is InChI=1S/C16H17N3O2S/c1-11-12(2)19(10-13-7-5-4-6-8-13)15-14(11)9-17-18-16(15)22(3,20)21/h4-9H,10H2,1-3H3. The summed E-state index contributed by atoms with van der Waals surface area (Å²) in [5.74, 6) is 0. The van der Waals surface area contributed by atoms with Crippen molar-refractivity contribution in [1.82, 2.24) is 14.8 Å².